The maximum Gasteiger partial charge on any atom is 0.331 e. The van der Waals surface area contributed by atoms with Gasteiger partial charge in [0, 0.05) is 5.69 Å². The molecule has 0 unspecified atom stereocenters. The van der Waals surface area contributed by atoms with E-state index in [4.69, 9.17) is 10.5 Å². The van der Waals surface area contributed by atoms with Crippen molar-refractivity contribution in [1.29, 1.82) is 0 Å². The summed E-state index contributed by atoms with van der Waals surface area (Å²) in [6.45, 7) is 4.80. The quantitative estimate of drug-likeness (QED) is 0.640. The lowest BCUT2D eigenvalue weighted by atomic mass is 10.0. The normalized spacial score (nSPS) is 10.9. The SMILES string of the molecule is CCOC(=O)C(C)(C)NC(=O)c1c(N)cccc1F. The zero-order valence-electron chi connectivity index (χ0n) is 11.1. The van der Waals surface area contributed by atoms with Crippen LogP contribution in [0.2, 0.25) is 0 Å². The zero-order chi connectivity index (χ0) is 14.6. The van der Waals surface area contributed by atoms with Crippen molar-refractivity contribution in [2.24, 2.45) is 0 Å². The van der Waals surface area contributed by atoms with Crippen molar-refractivity contribution >= 4 is 17.6 Å². The van der Waals surface area contributed by atoms with Crippen LogP contribution in [0.25, 0.3) is 0 Å². The highest BCUT2D eigenvalue weighted by Crippen LogP contribution is 2.17. The Kier molecular flexibility index (Phi) is 4.47. The summed E-state index contributed by atoms with van der Waals surface area (Å²) in [5.74, 6) is -2.09. The number of esters is 1. The molecule has 0 aromatic heterocycles. The standard InChI is InChI=1S/C13H17FN2O3/c1-4-19-12(18)13(2,3)16-11(17)10-8(14)6-5-7-9(10)15/h5-7H,4,15H2,1-3H3,(H,16,17). The summed E-state index contributed by atoms with van der Waals surface area (Å²) in [4.78, 5) is 23.6. The van der Waals surface area contributed by atoms with Crippen molar-refractivity contribution in [3.05, 3.63) is 29.6 Å². The number of carbonyl (C=O) groups excluding carboxylic acids is 2. The lowest BCUT2D eigenvalue weighted by Crippen LogP contribution is -2.50. The van der Waals surface area contributed by atoms with Crippen molar-refractivity contribution in [1.82, 2.24) is 5.32 Å². The topological polar surface area (TPSA) is 81.4 Å². The van der Waals surface area contributed by atoms with E-state index in [1.54, 1.807) is 6.92 Å². The Hall–Kier alpha value is -2.11. The van der Waals surface area contributed by atoms with Crippen molar-refractivity contribution in [2.45, 2.75) is 26.3 Å². The predicted octanol–water partition coefficient (Wildman–Crippen LogP) is 1.48. The number of amides is 1. The number of nitrogens with two attached hydrogens (primary N) is 1. The maximum absolute atomic E-state index is 13.6. The largest absolute Gasteiger partial charge is 0.464 e. The molecule has 0 aliphatic rings. The average molecular weight is 268 g/mol. The van der Waals surface area contributed by atoms with Crippen molar-refractivity contribution < 1.29 is 18.7 Å². The molecule has 0 atom stereocenters. The monoisotopic (exact) mass is 268 g/mol. The molecule has 0 saturated carbocycles. The molecule has 1 aromatic rings. The van der Waals surface area contributed by atoms with Gasteiger partial charge in [-0.2, -0.15) is 0 Å². The van der Waals surface area contributed by atoms with E-state index in [9.17, 15) is 14.0 Å². The molecule has 3 N–H and O–H groups in total. The first-order valence-corrected chi connectivity index (χ1v) is 5.83. The molecule has 0 radical (unpaired) electrons. The van der Waals surface area contributed by atoms with Gasteiger partial charge in [0.05, 0.1) is 12.2 Å². The fourth-order valence-corrected chi connectivity index (χ4v) is 1.49. The summed E-state index contributed by atoms with van der Waals surface area (Å²) < 4.78 is 18.4. The number of rotatable bonds is 4. The molecule has 1 amide bonds. The molecule has 5 nitrogen and oxygen atoms in total. The van der Waals surface area contributed by atoms with Crippen molar-refractivity contribution in [3.8, 4) is 0 Å². The number of ether oxygens (including phenoxy) is 1. The summed E-state index contributed by atoms with van der Waals surface area (Å²) >= 11 is 0. The third-order valence-corrected chi connectivity index (χ3v) is 2.48. The first-order chi connectivity index (χ1) is 8.79. The number of anilines is 1. The smallest absolute Gasteiger partial charge is 0.331 e. The van der Waals surface area contributed by atoms with Gasteiger partial charge in [0.2, 0.25) is 0 Å². The molecule has 0 spiro atoms. The van der Waals surface area contributed by atoms with Crippen molar-refractivity contribution in [2.75, 3.05) is 12.3 Å². The van der Waals surface area contributed by atoms with Gasteiger partial charge in [-0.15, -0.1) is 0 Å². The minimum absolute atomic E-state index is 0.0113. The fraction of sp³-hybridized carbons (Fsp3) is 0.385. The van der Waals surface area contributed by atoms with Gasteiger partial charge in [-0.3, -0.25) is 4.79 Å². The highest BCUT2D eigenvalue weighted by molar-refractivity contribution is 6.01. The number of nitrogens with one attached hydrogen (secondary N) is 1. The average Bonchev–Trinajstić information content (AvgIpc) is 2.28. The number of hydrogen-bond acceptors (Lipinski definition) is 4. The molecule has 0 saturated heterocycles. The molecule has 0 aliphatic carbocycles. The number of hydrogen-bond donors (Lipinski definition) is 2. The van der Waals surface area contributed by atoms with Gasteiger partial charge in [-0.25, -0.2) is 9.18 Å². The maximum atomic E-state index is 13.6. The van der Waals surface area contributed by atoms with E-state index in [0.29, 0.717) is 0 Å². The molecular weight excluding hydrogens is 251 g/mol. The minimum atomic E-state index is -1.26. The van der Waals surface area contributed by atoms with E-state index in [1.165, 1.54) is 26.0 Å². The molecule has 19 heavy (non-hydrogen) atoms. The predicted molar refractivity (Wildman–Crippen MR) is 69.0 cm³/mol. The third-order valence-electron chi connectivity index (χ3n) is 2.48. The molecule has 1 aromatic carbocycles. The van der Waals surface area contributed by atoms with Crippen LogP contribution in [0.1, 0.15) is 31.1 Å². The zero-order valence-corrected chi connectivity index (χ0v) is 11.1. The van der Waals surface area contributed by atoms with Gasteiger partial charge in [0.15, 0.2) is 0 Å². The number of halogens is 1. The van der Waals surface area contributed by atoms with Crippen LogP contribution in [-0.2, 0) is 9.53 Å². The number of benzene rings is 1. The fourth-order valence-electron chi connectivity index (χ4n) is 1.49. The molecule has 1 rings (SSSR count). The summed E-state index contributed by atoms with van der Waals surface area (Å²) in [6.07, 6.45) is 0. The van der Waals surface area contributed by atoms with Gasteiger partial charge in [-0.1, -0.05) is 6.07 Å². The molecule has 0 bridgehead atoms. The number of nitrogen functional groups attached to an aromatic ring is 1. The molecule has 0 heterocycles. The Labute approximate surface area is 110 Å². The van der Waals surface area contributed by atoms with E-state index in [-0.39, 0.29) is 17.9 Å². The summed E-state index contributed by atoms with van der Waals surface area (Å²) in [6, 6.07) is 3.94. The van der Waals surface area contributed by atoms with E-state index >= 15 is 0 Å². The van der Waals surface area contributed by atoms with E-state index in [0.717, 1.165) is 6.07 Å². The highest BCUT2D eigenvalue weighted by Gasteiger charge is 2.32. The summed E-state index contributed by atoms with van der Waals surface area (Å²) in [5.41, 5.74) is 4.03. The van der Waals surface area contributed by atoms with Crippen LogP contribution in [0.5, 0.6) is 0 Å². The van der Waals surface area contributed by atoms with E-state index in [1.807, 2.05) is 0 Å². The van der Waals surface area contributed by atoms with Crippen LogP contribution in [0.3, 0.4) is 0 Å². The summed E-state index contributed by atoms with van der Waals surface area (Å²) in [7, 11) is 0. The second kappa shape index (κ2) is 5.69. The van der Waals surface area contributed by atoms with Gasteiger partial charge in [-0.05, 0) is 32.9 Å². The van der Waals surface area contributed by atoms with Crippen molar-refractivity contribution in [3.63, 3.8) is 0 Å². The van der Waals surface area contributed by atoms with Crippen LogP contribution in [0.4, 0.5) is 10.1 Å². The molecule has 0 fully saturated rings. The lowest BCUT2D eigenvalue weighted by molar-refractivity contribution is -0.149. The Morgan fingerprint density at radius 2 is 2.05 bits per heavy atom. The van der Waals surface area contributed by atoms with Crippen LogP contribution >= 0.6 is 0 Å². The van der Waals surface area contributed by atoms with E-state index in [2.05, 4.69) is 5.32 Å². The molecule has 0 aliphatic heterocycles. The lowest BCUT2D eigenvalue weighted by Gasteiger charge is -2.24. The third kappa shape index (κ3) is 3.43. The van der Waals surface area contributed by atoms with Gasteiger partial charge < -0.3 is 15.8 Å². The van der Waals surface area contributed by atoms with Crippen LogP contribution in [0.15, 0.2) is 18.2 Å². The number of carbonyl (C=O) groups is 2. The van der Waals surface area contributed by atoms with E-state index < -0.39 is 23.2 Å². The second-order valence-corrected chi connectivity index (χ2v) is 4.50. The molecular formula is C13H17FN2O3. The van der Waals surface area contributed by atoms with Crippen LogP contribution < -0.4 is 11.1 Å². The Morgan fingerprint density at radius 3 is 2.58 bits per heavy atom. The van der Waals surface area contributed by atoms with Gasteiger partial charge >= 0.3 is 5.97 Å². The Balaban J connectivity index is 2.94. The minimum Gasteiger partial charge on any atom is -0.464 e. The summed E-state index contributed by atoms with van der Waals surface area (Å²) in [5, 5.41) is 2.41. The molecule has 6 heteroatoms. The highest BCUT2D eigenvalue weighted by atomic mass is 19.1. The molecule has 104 valence electrons. The van der Waals surface area contributed by atoms with Crippen LogP contribution in [-0.4, -0.2) is 24.0 Å². The first-order valence-electron chi connectivity index (χ1n) is 5.83. The Morgan fingerprint density at radius 1 is 1.42 bits per heavy atom. The second-order valence-electron chi connectivity index (χ2n) is 4.50. The Bertz CT molecular complexity index is 480. The van der Waals surface area contributed by atoms with Crippen LogP contribution in [0, 0.1) is 5.82 Å². The van der Waals surface area contributed by atoms with Gasteiger partial charge in [0.1, 0.15) is 11.4 Å². The first kappa shape index (κ1) is 14.9. The van der Waals surface area contributed by atoms with Gasteiger partial charge in [0.25, 0.3) is 5.91 Å².